The SMILES string of the molecule is Clc1cnc2cc(C3CCNCC3)[nH]c2c1. The average molecular weight is 236 g/mol. The lowest BCUT2D eigenvalue weighted by molar-refractivity contribution is 0.455. The second kappa shape index (κ2) is 4.07. The van der Waals surface area contributed by atoms with E-state index in [1.807, 2.05) is 6.07 Å². The average Bonchev–Trinajstić information content (AvgIpc) is 2.73. The van der Waals surface area contributed by atoms with Crippen molar-refractivity contribution in [2.75, 3.05) is 13.1 Å². The molecule has 4 heteroatoms. The number of H-pyrrole nitrogens is 1. The van der Waals surface area contributed by atoms with E-state index in [1.165, 1.54) is 18.5 Å². The molecule has 0 saturated carbocycles. The Morgan fingerprint density at radius 1 is 1.25 bits per heavy atom. The summed E-state index contributed by atoms with van der Waals surface area (Å²) in [6, 6.07) is 4.09. The summed E-state index contributed by atoms with van der Waals surface area (Å²) in [7, 11) is 0. The molecule has 1 aliphatic heterocycles. The van der Waals surface area contributed by atoms with Crippen molar-refractivity contribution in [1.29, 1.82) is 0 Å². The third-order valence-corrected chi connectivity index (χ3v) is 3.44. The molecular formula is C12H14ClN3. The highest BCUT2D eigenvalue weighted by atomic mass is 35.5. The van der Waals surface area contributed by atoms with Gasteiger partial charge in [-0.25, -0.2) is 0 Å². The lowest BCUT2D eigenvalue weighted by Crippen LogP contribution is -2.26. The first-order valence-corrected chi connectivity index (χ1v) is 6.05. The molecule has 1 saturated heterocycles. The van der Waals surface area contributed by atoms with E-state index in [9.17, 15) is 0 Å². The quantitative estimate of drug-likeness (QED) is 0.798. The third kappa shape index (κ3) is 1.81. The number of aromatic amines is 1. The molecule has 2 aromatic rings. The van der Waals surface area contributed by atoms with E-state index < -0.39 is 0 Å². The van der Waals surface area contributed by atoms with E-state index in [1.54, 1.807) is 6.20 Å². The van der Waals surface area contributed by atoms with Crippen LogP contribution < -0.4 is 5.32 Å². The summed E-state index contributed by atoms with van der Waals surface area (Å²) in [5.74, 6) is 0.634. The summed E-state index contributed by atoms with van der Waals surface area (Å²) in [6.07, 6.45) is 4.09. The Morgan fingerprint density at radius 3 is 2.88 bits per heavy atom. The van der Waals surface area contributed by atoms with Gasteiger partial charge in [-0.3, -0.25) is 4.98 Å². The fraction of sp³-hybridized carbons (Fsp3) is 0.417. The van der Waals surface area contributed by atoms with Crippen LogP contribution in [0.15, 0.2) is 18.3 Å². The molecule has 0 unspecified atom stereocenters. The zero-order valence-electron chi connectivity index (χ0n) is 8.96. The summed E-state index contributed by atoms with van der Waals surface area (Å²) >= 11 is 5.92. The third-order valence-electron chi connectivity index (χ3n) is 3.24. The van der Waals surface area contributed by atoms with Gasteiger partial charge in [-0.15, -0.1) is 0 Å². The Bertz CT molecular complexity index is 500. The summed E-state index contributed by atoms with van der Waals surface area (Å²) in [4.78, 5) is 7.75. The first kappa shape index (κ1) is 10.1. The Hall–Kier alpha value is -1.06. The molecule has 3 heterocycles. The van der Waals surface area contributed by atoms with E-state index >= 15 is 0 Å². The van der Waals surface area contributed by atoms with Crippen LogP contribution in [-0.4, -0.2) is 23.1 Å². The Morgan fingerprint density at radius 2 is 2.06 bits per heavy atom. The second-order valence-electron chi connectivity index (χ2n) is 4.34. The first-order valence-electron chi connectivity index (χ1n) is 5.68. The van der Waals surface area contributed by atoms with Crippen molar-refractivity contribution in [3.05, 3.63) is 29.0 Å². The van der Waals surface area contributed by atoms with Crippen LogP contribution >= 0.6 is 11.6 Å². The maximum atomic E-state index is 5.92. The predicted octanol–water partition coefficient (Wildman–Crippen LogP) is 2.68. The highest BCUT2D eigenvalue weighted by molar-refractivity contribution is 6.31. The summed E-state index contributed by atoms with van der Waals surface area (Å²) < 4.78 is 0. The number of hydrogen-bond acceptors (Lipinski definition) is 2. The van der Waals surface area contributed by atoms with Crippen LogP contribution in [0.1, 0.15) is 24.5 Å². The van der Waals surface area contributed by atoms with Gasteiger partial charge in [-0.2, -0.15) is 0 Å². The molecule has 1 aliphatic rings. The fourth-order valence-electron chi connectivity index (χ4n) is 2.36. The number of aromatic nitrogens is 2. The molecule has 0 radical (unpaired) electrons. The highest BCUT2D eigenvalue weighted by Gasteiger charge is 2.17. The maximum absolute atomic E-state index is 5.92. The minimum Gasteiger partial charge on any atom is -0.357 e. The topological polar surface area (TPSA) is 40.7 Å². The van der Waals surface area contributed by atoms with Crippen LogP contribution in [0.3, 0.4) is 0 Å². The molecule has 0 aliphatic carbocycles. The molecule has 2 N–H and O–H groups in total. The predicted molar refractivity (Wildman–Crippen MR) is 65.9 cm³/mol. The molecule has 0 spiro atoms. The number of rotatable bonds is 1. The fourth-order valence-corrected chi connectivity index (χ4v) is 2.51. The van der Waals surface area contributed by atoms with E-state index in [4.69, 9.17) is 11.6 Å². The van der Waals surface area contributed by atoms with Gasteiger partial charge < -0.3 is 10.3 Å². The van der Waals surface area contributed by atoms with E-state index in [2.05, 4.69) is 21.4 Å². The molecule has 3 nitrogen and oxygen atoms in total. The number of nitrogens with one attached hydrogen (secondary N) is 2. The van der Waals surface area contributed by atoms with Gasteiger partial charge in [0.2, 0.25) is 0 Å². The van der Waals surface area contributed by atoms with Gasteiger partial charge in [0.15, 0.2) is 0 Å². The molecule has 0 atom stereocenters. The number of hydrogen-bond donors (Lipinski definition) is 2. The first-order chi connectivity index (χ1) is 7.83. The number of piperidine rings is 1. The van der Waals surface area contributed by atoms with Gasteiger partial charge in [0.25, 0.3) is 0 Å². The van der Waals surface area contributed by atoms with Crippen LogP contribution in [0.25, 0.3) is 11.0 Å². The van der Waals surface area contributed by atoms with Crippen molar-refractivity contribution in [1.82, 2.24) is 15.3 Å². The minimum absolute atomic E-state index is 0.634. The van der Waals surface area contributed by atoms with Crippen LogP contribution in [0.5, 0.6) is 0 Å². The lowest BCUT2D eigenvalue weighted by Gasteiger charge is -2.21. The van der Waals surface area contributed by atoms with Crippen LogP contribution in [-0.2, 0) is 0 Å². The molecule has 0 aromatic carbocycles. The largest absolute Gasteiger partial charge is 0.357 e. The van der Waals surface area contributed by atoms with Crippen molar-refractivity contribution in [3.8, 4) is 0 Å². The molecule has 84 valence electrons. The number of nitrogens with zero attached hydrogens (tertiary/aromatic N) is 1. The summed E-state index contributed by atoms with van der Waals surface area (Å²) in [6.45, 7) is 2.21. The molecule has 3 rings (SSSR count). The van der Waals surface area contributed by atoms with E-state index in [-0.39, 0.29) is 0 Å². The van der Waals surface area contributed by atoms with E-state index in [0.29, 0.717) is 10.9 Å². The molecule has 0 bridgehead atoms. The van der Waals surface area contributed by atoms with Gasteiger partial charge in [-0.1, -0.05) is 11.6 Å². The minimum atomic E-state index is 0.634. The maximum Gasteiger partial charge on any atom is 0.0882 e. The molecule has 0 amide bonds. The molecular weight excluding hydrogens is 222 g/mol. The van der Waals surface area contributed by atoms with E-state index in [0.717, 1.165) is 24.1 Å². The Labute approximate surface area is 99.2 Å². The van der Waals surface area contributed by atoms with Gasteiger partial charge >= 0.3 is 0 Å². The van der Waals surface area contributed by atoms with Gasteiger partial charge in [0.1, 0.15) is 0 Å². The van der Waals surface area contributed by atoms with Crippen molar-refractivity contribution >= 4 is 22.6 Å². The zero-order chi connectivity index (χ0) is 11.0. The Kier molecular flexibility index (Phi) is 2.58. The van der Waals surface area contributed by atoms with Gasteiger partial charge in [0.05, 0.1) is 16.1 Å². The zero-order valence-corrected chi connectivity index (χ0v) is 9.72. The molecule has 2 aromatic heterocycles. The standard InChI is InChI=1S/C12H14ClN3/c13-9-5-12-11(15-7-9)6-10(16-12)8-1-3-14-4-2-8/h5-8,14,16H,1-4H2. The smallest absolute Gasteiger partial charge is 0.0882 e. The van der Waals surface area contributed by atoms with Gasteiger partial charge in [0, 0.05) is 17.8 Å². The van der Waals surface area contributed by atoms with Crippen molar-refractivity contribution in [2.24, 2.45) is 0 Å². The number of fused-ring (bicyclic) bond motifs is 1. The molecule has 1 fully saturated rings. The highest BCUT2D eigenvalue weighted by Crippen LogP contribution is 2.27. The summed E-state index contributed by atoms with van der Waals surface area (Å²) in [5, 5.41) is 4.06. The number of pyridine rings is 1. The lowest BCUT2D eigenvalue weighted by atomic mass is 9.95. The Balaban J connectivity index is 1.97. The van der Waals surface area contributed by atoms with Crippen molar-refractivity contribution < 1.29 is 0 Å². The van der Waals surface area contributed by atoms with Gasteiger partial charge in [-0.05, 0) is 38.1 Å². The van der Waals surface area contributed by atoms with Crippen LogP contribution in [0.2, 0.25) is 5.02 Å². The normalized spacial score (nSPS) is 18.1. The number of halogens is 1. The van der Waals surface area contributed by atoms with Crippen molar-refractivity contribution in [2.45, 2.75) is 18.8 Å². The summed E-state index contributed by atoms with van der Waals surface area (Å²) in [5.41, 5.74) is 3.35. The van der Waals surface area contributed by atoms with Crippen LogP contribution in [0, 0.1) is 0 Å². The monoisotopic (exact) mass is 235 g/mol. The van der Waals surface area contributed by atoms with Crippen molar-refractivity contribution in [3.63, 3.8) is 0 Å². The second-order valence-corrected chi connectivity index (χ2v) is 4.77. The molecule has 16 heavy (non-hydrogen) atoms. The van der Waals surface area contributed by atoms with Crippen LogP contribution in [0.4, 0.5) is 0 Å².